The molecule has 0 bridgehead atoms. The lowest BCUT2D eigenvalue weighted by Crippen LogP contribution is -2.36. The minimum Gasteiger partial charge on any atom is -0.383 e. The Bertz CT molecular complexity index is 369. The molecule has 1 heterocycles. The Labute approximate surface area is 113 Å². The molecule has 104 valence electrons. The van der Waals surface area contributed by atoms with E-state index < -0.39 is 5.60 Å². The van der Waals surface area contributed by atoms with Gasteiger partial charge < -0.3 is 15.2 Å². The van der Waals surface area contributed by atoms with Gasteiger partial charge in [0.1, 0.15) is 10.6 Å². The van der Waals surface area contributed by atoms with E-state index in [9.17, 15) is 5.11 Å². The van der Waals surface area contributed by atoms with Crippen molar-refractivity contribution >= 4 is 11.3 Å². The van der Waals surface area contributed by atoms with E-state index in [4.69, 9.17) is 4.74 Å². The fourth-order valence-corrected chi connectivity index (χ4v) is 2.55. The van der Waals surface area contributed by atoms with Crippen LogP contribution in [-0.4, -0.2) is 36.9 Å². The topological polar surface area (TPSA) is 54.4 Å². The number of aliphatic hydroxyl groups is 1. The Morgan fingerprint density at radius 3 is 2.56 bits per heavy atom. The lowest BCUT2D eigenvalue weighted by molar-refractivity contribution is 0.0544. The first kappa shape index (κ1) is 15.6. The third-order valence-electron chi connectivity index (χ3n) is 2.69. The van der Waals surface area contributed by atoms with Crippen molar-refractivity contribution in [2.75, 3.05) is 26.8 Å². The molecular formula is C13H24N2O2S. The maximum absolute atomic E-state index is 10.4. The zero-order valence-corrected chi connectivity index (χ0v) is 12.7. The van der Waals surface area contributed by atoms with Crippen molar-refractivity contribution in [3.8, 4) is 0 Å². The molecule has 0 saturated heterocycles. The van der Waals surface area contributed by atoms with Crippen molar-refractivity contribution in [3.63, 3.8) is 0 Å². The van der Waals surface area contributed by atoms with Crippen molar-refractivity contribution in [1.29, 1.82) is 0 Å². The van der Waals surface area contributed by atoms with Crippen LogP contribution in [0.2, 0.25) is 0 Å². The summed E-state index contributed by atoms with van der Waals surface area (Å²) in [5.41, 5.74) is 0.121. The van der Waals surface area contributed by atoms with Crippen LogP contribution in [0.25, 0.3) is 0 Å². The van der Waals surface area contributed by atoms with Crippen LogP contribution < -0.4 is 5.32 Å². The number of aromatic nitrogens is 1. The minimum atomic E-state index is -0.929. The number of methoxy groups -OCH3 is 1. The number of rotatable bonds is 6. The third-order valence-corrected chi connectivity index (χ3v) is 3.78. The first-order valence-electron chi connectivity index (χ1n) is 6.16. The first-order chi connectivity index (χ1) is 8.27. The van der Waals surface area contributed by atoms with E-state index in [0.717, 1.165) is 17.2 Å². The zero-order chi connectivity index (χ0) is 13.8. The molecule has 4 nitrogen and oxygen atoms in total. The van der Waals surface area contributed by atoms with Crippen molar-refractivity contribution in [3.05, 3.63) is 16.1 Å². The molecule has 0 amide bonds. The van der Waals surface area contributed by atoms with Gasteiger partial charge in [-0.1, -0.05) is 20.8 Å². The van der Waals surface area contributed by atoms with Crippen LogP contribution in [0.3, 0.4) is 0 Å². The molecule has 1 atom stereocenters. The van der Waals surface area contributed by atoms with Crippen molar-refractivity contribution < 1.29 is 9.84 Å². The van der Waals surface area contributed by atoms with Gasteiger partial charge in [0, 0.05) is 31.0 Å². The Morgan fingerprint density at radius 2 is 2.06 bits per heavy atom. The maximum atomic E-state index is 10.4. The molecule has 1 aromatic heterocycles. The fraction of sp³-hybridized carbons (Fsp3) is 0.769. The first-order valence-corrected chi connectivity index (χ1v) is 7.04. The van der Waals surface area contributed by atoms with Gasteiger partial charge in [0.2, 0.25) is 0 Å². The van der Waals surface area contributed by atoms with Crippen LogP contribution in [0.15, 0.2) is 5.38 Å². The van der Waals surface area contributed by atoms with Gasteiger partial charge in [0.15, 0.2) is 0 Å². The number of hydrogen-bond acceptors (Lipinski definition) is 5. The van der Waals surface area contributed by atoms with Crippen LogP contribution in [0.1, 0.15) is 38.4 Å². The van der Waals surface area contributed by atoms with Crippen LogP contribution >= 0.6 is 11.3 Å². The maximum Gasteiger partial charge on any atom is 0.126 e. The molecule has 0 aromatic carbocycles. The molecule has 18 heavy (non-hydrogen) atoms. The molecule has 0 aliphatic heterocycles. The summed E-state index contributed by atoms with van der Waals surface area (Å²) in [6, 6.07) is 0. The highest BCUT2D eigenvalue weighted by atomic mass is 32.1. The highest BCUT2D eigenvalue weighted by Gasteiger charge is 2.28. The summed E-state index contributed by atoms with van der Waals surface area (Å²) in [4.78, 5) is 4.55. The van der Waals surface area contributed by atoms with Gasteiger partial charge in [-0.15, -0.1) is 11.3 Å². The van der Waals surface area contributed by atoms with Crippen LogP contribution in [0.5, 0.6) is 0 Å². The van der Waals surface area contributed by atoms with E-state index in [1.807, 2.05) is 5.38 Å². The summed E-state index contributed by atoms with van der Waals surface area (Å²) in [6.45, 7) is 10.0. The van der Waals surface area contributed by atoms with Gasteiger partial charge in [0.05, 0.1) is 12.3 Å². The second-order valence-electron chi connectivity index (χ2n) is 5.73. The molecule has 0 fully saturated rings. The largest absolute Gasteiger partial charge is 0.383 e. The summed E-state index contributed by atoms with van der Waals surface area (Å²) >= 11 is 1.51. The Morgan fingerprint density at radius 1 is 1.39 bits per heavy atom. The van der Waals surface area contributed by atoms with Crippen molar-refractivity contribution in [2.45, 2.75) is 38.7 Å². The van der Waals surface area contributed by atoms with Crippen molar-refractivity contribution in [1.82, 2.24) is 10.3 Å². The monoisotopic (exact) mass is 272 g/mol. The van der Waals surface area contributed by atoms with Crippen LogP contribution in [0, 0.1) is 0 Å². The number of nitrogens with one attached hydrogen (secondary N) is 1. The molecule has 0 radical (unpaired) electrons. The van der Waals surface area contributed by atoms with Crippen LogP contribution in [0.4, 0.5) is 0 Å². The van der Waals surface area contributed by atoms with E-state index in [-0.39, 0.29) is 5.41 Å². The highest BCUT2D eigenvalue weighted by Crippen LogP contribution is 2.29. The van der Waals surface area contributed by atoms with Gasteiger partial charge in [0.25, 0.3) is 0 Å². The Hall–Kier alpha value is -0.490. The van der Waals surface area contributed by atoms with Gasteiger partial charge in [-0.25, -0.2) is 4.98 Å². The van der Waals surface area contributed by atoms with E-state index in [2.05, 4.69) is 31.1 Å². The molecule has 0 aliphatic rings. The molecule has 1 aromatic rings. The van der Waals surface area contributed by atoms with Gasteiger partial charge in [-0.3, -0.25) is 0 Å². The predicted molar refractivity (Wildman–Crippen MR) is 75.1 cm³/mol. The fourth-order valence-electron chi connectivity index (χ4n) is 1.45. The quantitative estimate of drug-likeness (QED) is 0.777. The molecule has 2 N–H and O–H groups in total. The number of hydrogen-bond donors (Lipinski definition) is 2. The normalized spacial score (nSPS) is 15.7. The van der Waals surface area contributed by atoms with E-state index in [0.29, 0.717) is 13.2 Å². The summed E-state index contributed by atoms with van der Waals surface area (Å²) in [5.74, 6) is 0. The van der Waals surface area contributed by atoms with Gasteiger partial charge >= 0.3 is 0 Å². The molecule has 0 spiro atoms. The standard InChI is InChI=1S/C13H24N2O2S/c1-12(2,3)10-8-18-11(15-10)13(4,16)9-14-6-7-17-5/h8,14,16H,6-7,9H2,1-5H3. The summed E-state index contributed by atoms with van der Waals surface area (Å²) in [5, 5.41) is 16.4. The highest BCUT2D eigenvalue weighted by molar-refractivity contribution is 7.09. The summed E-state index contributed by atoms with van der Waals surface area (Å²) in [7, 11) is 1.66. The second-order valence-corrected chi connectivity index (χ2v) is 6.59. The minimum absolute atomic E-state index is 0.0221. The molecule has 1 unspecified atom stereocenters. The van der Waals surface area contributed by atoms with E-state index >= 15 is 0 Å². The Kier molecular flexibility index (Phi) is 5.28. The third kappa shape index (κ3) is 4.31. The lowest BCUT2D eigenvalue weighted by atomic mass is 9.93. The number of ether oxygens (including phenoxy) is 1. The lowest BCUT2D eigenvalue weighted by Gasteiger charge is -2.21. The SMILES string of the molecule is COCCNCC(C)(O)c1nc(C(C)(C)C)cs1. The molecule has 0 saturated carbocycles. The van der Waals surface area contributed by atoms with Crippen molar-refractivity contribution in [2.24, 2.45) is 0 Å². The molecule has 5 heteroatoms. The Balaban J connectivity index is 2.64. The average Bonchev–Trinajstić information content (AvgIpc) is 2.73. The van der Waals surface area contributed by atoms with Gasteiger partial charge in [-0.2, -0.15) is 0 Å². The molecule has 0 aliphatic carbocycles. The second kappa shape index (κ2) is 6.10. The number of nitrogens with zero attached hydrogens (tertiary/aromatic N) is 1. The van der Waals surface area contributed by atoms with Crippen LogP contribution in [-0.2, 0) is 15.8 Å². The number of thiazole rings is 1. The molecular weight excluding hydrogens is 248 g/mol. The molecule has 1 rings (SSSR count). The van der Waals surface area contributed by atoms with Gasteiger partial charge in [-0.05, 0) is 6.92 Å². The smallest absolute Gasteiger partial charge is 0.126 e. The van der Waals surface area contributed by atoms with E-state index in [1.165, 1.54) is 11.3 Å². The predicted octanol–water partition coefficient (Wildman–Crippen LogP) is 1.88. The van der Waals surface area contributed by atoms with E-state index in [1.54, 1.807) is 14.0 Å². The zero-order valence-electron chi connectivity index (χ0n) is 11.9. The summed E-state index contributed by atoms with van der Waals surface area (Å²) < 4.78 is 4.95. The average molecular weight is 272 g/mol. The summed E-state index contributed by atoms with van der Waals surface area (Å²) in [6.07, 6.45) is 0.